The highest BCUT2D eigenvalue weighted by Crippen LogP contribution is 2.17. The lowest BCUT2D eigenvalue weighted by Crippen LogP contribution is -2.41. The summed E-state index contributed by atoms with van der Waals surface area (Å²) in [6.07, 6.45) is 2.07. The highest BCUT2D eigenvalue weighted by molar-refractivity contribution is 6.02. The Kier molecular flexibility index (Phi) is 6.11. The Bertz CT molecular complexity index is 935. The highest BCUT2D eigenvalue weighted by Gasteiger charge is 2.24. The van der Waals surface area contributed by atoms with Gasteiger partial charge >= 0.3 is 5.97 Å². The number of fused-ring (bicyclic) bond motifs is 1. The number of carbonyl (C=O) groups is 2. The zero-order chi connectivity index (χ0) is 20.3. The Morgan fingerprint density at radius 2 is 1.96 bits per heavy atom. The van der Waals surface area contributed by atoms with Crippen molar-refractivity contribution in [1.29, 1.82) is 0 Å². The van der Waals surface area contributed by atoms with Gasteiger partial charge in [-0.3, -0.25) is 9.59 Å². The number of carbonyl (C=O) groups excluding carboxylic acids is 2. The Morgan fingerprint density at radius 1 is 1.25 bits per heavy atom. The lowest BCUT2D eigenvalue weighted by Gasteiger charge is -2.30. The fourth-order valence-corrected chi connectivity index (χ4v) is 3.56. The first kappa shape index (κ1) is 20.0. The number of benzene rings is 1. The van der Waals surface area contributed by atoms with Gasteiger partial charge in [0.25, 0.3) is 11.5 Å². The van der Waals surface area contributed by atoms with Gasteiger partial charge in [-0.05, 0) is 30.7 Å². The van der Waals surface area contributed by atoms with Crippen LogP contribution in [0.15, 0.2) is 29.1 Å². The van der Waals surface area contributed by atoms with Crippen LogP contribution >= 0.6 is 0 Å². The Hall–Kier alpha value is -2.70. The summed E-state index contributed by atoms with van der Waals surface area (Å²) in [5, 5.41) is 5.11. The van der Waals surface area contributed by atoms with Crippen molar-refractivity contribution in [2.24, 2.45) is 11.8 Å². The number of hydrogen-bond donors (Lipinski definition) is 0. The molecule has 1 atom stereocenters. The van der Waals surface area contributed by atoms with Crippen LogP contribution in [0.2, 0.25) is 0 Å². The first-order valence-corrected chi connectivity index (χ1v) is 9.81. The molecule has 0 saturated carbocycles. The zero-order valence-corrected chi connectivity index (χ0v) is 16.7. The summed E-state index contributed by atoms with van der Waals surface area (Å²) in [5.41, 5.74) is -0.171. The van der Waals surface area contributed by atoms with Crippen molar-refractivity contribution in [3.8, 4) is 0 Å². The van der Waals surface area contributed by atoms with Crippen LogP contribution < -0.4 is 5.56 Å². The number of amides is 1. The number of aromatic nitrogens is 2. The molecule has 1 saturated heterocycles. The van der Waals surface area contributed by atoms with Crippen molar-refractivity contribution >= 4 is 22.6 Å². The maximum absolute atomic E-state index is 12.7. The van der Waals surface area contributed by atoms with Gasteiger partial charge in [-0.15, -0.1) is 0 Å². The number of piperidine rings is 1. The van der Waals surface area contributed by atoms with Gasteiger partial charge < -0.3 is 9.64 Å². The van der Waals surface area contributed by atoms with Crippen molar-refractivity contribution in [3.05, 3.63) is 40.3 Å². The lowest BCUT2D eigenvalue weighted by molar-refractivity contribution is -0.136. The van der Waals surface area contributed by atoms with E-state index in [2.05, 4.69) is 12.0 Å². The smallest absolute Gasteiger partial charge is 0.359 e. The summed E-state index contributed by atoms with van der Waals surface area (Å²) < 4.78 is 6.58. The van der Waals surface area contributed by atoms with Crippen LogP contribution in [0.25, 0.3) is 10.8 Å². The second kappa shape index (κ2) is 8.54. The van der Waals surface area contributed by atoms with Crippen molar-refractivity contribution in [2.45, 2.75) is 40.2 Å². The predicted octanol–water partition coefficient (Wildman–Crippen LogP) is 2.47. The van der Waals surface area contributed by atoms with E-state index in [1.807, 2.05) is 13.8 Å². The zero-order valence-electron chi connectivity index (χ0n) is 16.7. The van der Waals surface area contributed by atoms with Crippen LogP contribution in [0.5, 0.6) is 0 Å². The van der Waals surface area contributed by atoms with E-state index < -0.39 is 5.97 Å². The van der Waals surface area contributed by atoms with Gasteiger partial charge in [0.2, 0.25) is 0 Å². The van der Waals surface area contributed by atoms with E-state index in [4.69, 9.17) is 4.74 Å². The molecule has 2 aromatic rings. The Morgan fingerprint density at radius 3 is 2.64 bits per heavy atom. The summed E-state index contributed by atoms with van der Waals surface area (Å²) in [6, 6.07) is 6.84. The molecule has 1 aliphatic rings. The monoisotopic (exact) mass is 385 g/mol. The number of rotatable bonds is 5. The van der Waals surface area contributed by atoms with E-state index >= 15 is 0 Å². The van der Waals surface area contributed by atoms with Crippen molar-refractivity contribution in [2.75, 3.05) is 19.7 Å². The maximum Gasteiger partial charge on any atom is 0.359 e. The van der Waals surface area contributed by atoms with Gasteiger partial charge in [-0.2, -0.15) is 5.10 Å². The molecule has 1 amide bonds. The molecule has 0 aliphatic carbocycles. The fourth-order valence-electron chi connectivity index (χ4n) is 3.56. The molecule has 0 radical (unpaired) electrons. The lowest BCUT2D eigenvalue weighted by atomic mass is 10.0. The molecule has 0 unspecified atom stereocenters. The molecule has 1 aliphatic heterocycles. The quantitative estimate of drug-likeness (QED) is 0.739. The van der Waals surface area contributed by atoms with Gasteiger partial charge in [0.05, 0.1) is 5.39 Å². The molecule has 0 bridgehead atoms. The molecule has 0 N–H and O–H groups in total. The third-order valence-electron chi connectivity index (χ3n) is 4.94. The van der Waals surface area contributed by atoms with Crippen molar-refractivity contribution < 1.29 is 14.3 Å². The van der Waals surface area contributed by atoms with E-state index in [0.717, 1.165) is 12.8 Å². The molecule has 7 heteroatoms. The molecule has 150 valence electrons. The summed E-state index contributed by atoms with van der Waals surface area (Å²) in [6.45, 7) is 7.52. The minimum absolute atomic E-state index is 0.0654. The van der Waals surface area contributed by atoms with Crippen LogP contribution in [0, 0.1) is 11.8 Å². The van der Waals surface area contributed by atoms with E-state index in [-0.39, 0.29) is 29.7 Å². The van der Waals surface area contributed by atoms with E-state index in [1.165, 1.54) is 4.68 Å². The van der Waals surface area contributed by atoms with Crippen LogP contribution in [-0.4, -0.2) is 46.3 Å². The highest BCUT2D eigenvalue weighted by atomic mass is 16.5. The maximum atomic E-state index is 12.7. The second-order valence-corrected chi connectivity index (χ2v) is 7.94. The fraction of sp³-hybridized carbons (Fsp3) is 0.524. The minimum atomic E-state index is -0.688. The van der Waals surface area contributed by atoms with Gasteiger partial charge in [-0.25, -0.2) is 9.48 Å². The Labute approximate surface area is 164 Å². The van der Waals surface area contributed by atoms with Gasteiger partial charge in [0.15, 0.2) is 12.3 Å². The largest absolute Gasteiger partial charge is 0.451 e. The topological polar surface area (TPSA) is 81.5 Å². The average molecular weight is 385 g/mol. The van der Waals surface area contributed by atoms with Crippen LogP contribution in [-0.2, 0) is 16.1 Å². The van der Waals surface area contributed by atoms with E-state index in [1.54, 1.807) is 29.2 Å². The van der Waals surface area contributed by atoms with Crippen molar-refractivity contribution in [3.63, 3.8) is 0 Å². The van der Waals surface area contributed by atoms with Gasteiger partial charge in [-0.1, -0.05) is 39.0 Å². The molecule has 1 fully saturated rings. The molecule has 28 heavy (non-hydrogen) atoms. The number of ether oxygens (including phenoxy) is 1. The second-order valence-electron chi connectivity index (χ2n) is 7.94. The van der Waals surface area contributed by atoms with Crippen LogP contribution in [0.4, 0.5) is 0 Å². The minimum Gasteiger partial charge on any atom is -0.451 e. The Balaban J connectivity index is 1.81. The van der Waals surface area contributed by atoms with Gasteiger partial charge in [0.1, 0.15) is 0 Å². The van der Waals surface area contributed by atoms with Crippen molar-refractivity contribution in [1.82, 2.24) is 14.7 Å². The number of hydrogen-bond acceptors (Lipinski definition) is 5. The molecule has 2 heterocycles. The molecule has 7 nitrogen and oxygen atoms in total. The normalized spacial score (nSPS) is 17.1. The van der Waals surface area contributed by atoms with E-state index in [0.29, 0.717) is 36.3 Å². The predicted molar refractivity (Wildman–Crippen MR) is 106 cm³/mol. The van der Waals surface area contributed by atoms with Crippen LogP contribution in [0.1, 0.15) is 44.1 Å². The standard InChI is InChI=1S/C21H27N3O4/c1-14(2)11-24-20(26)17-9-5-4-8-16(17)19(22-24)21(27)28-13-18(25)23-10-6-7-15(3)12-23/h4-5,8-9,14-15H,6-7,10-13H2,1-3H3/t15-/m1/s1. The average Bonchev–Trinajstić information content (AvgIpc) is 2.67. The van der Waals surface area contributed by atoms with E-state index in [9.17, 15) is 14.4 Å². The third kappa shape index (κ3) is 4.40. The SMILES string of the molecule is CC(C)Cn1nc(C(=O)OCC(=O)N2CCC[C@@H](C)C2)c2ccccc2c1=O. The first-order valence-electron chi connectivity index (χ1n) is 9.81. The molecule has 0 spiro atoms. The molecular weight excluding hydrogens is 358 g/mol. The first-order chi connectivity index (χ1) is 13.4. The number of esters is 1. The third-order valence-corrected chi connectivity index (χ3v) is 4.94. The molecular formula is C21H27N3O4. The number of likely N-dealkylation sites (tertiary alicyclic amines) is 1. The summed E-state index contributed by atoms with van der Waals surface area (Å²) in [7, 11) is 0. The number of nitrogens with zero attached hydrogens (tertiary/aromatic N) is 3. The molecule has 1 aromatic heterocycles. The summed E-state index contributed by atoms with van der Waals surface area (Å²) >= 11 is 0. The molecule has 3 rings (SSSR count). The van der Waals surface area contributed by atoms with Gasteiger partial charge in [0, 0.05) is 25.0 Å². The summed E-state index contributed by atoms with van der Waals surface area (Å²) in [5.74, 6) is -0.233. The van der Waals surface area contributed by atoms with Crippen LogP contribution in [0.3, 0.4) is 0 Å². The summed E-state index contributed by atoms with van der Waals surface area (Å²) in [4.78, 5) is 39.4. The molecule has 1 aromatic carbocycles.